The molecule has 0 aromatic heterocycles. The molecular formula is C22H27NOS. The largest absolute Gasteiger partial charge is 0.325 e. The fraction of sp³-hybridized carbons (Fsp3) is 0.409. The number of rotatable bonds is 5. The van der Waals surface area contributed by atoms with Gasteiger partial charge < -0.3 is 5.32 Å². The first kappa shape index (κ1) is 18.1. The summed E-state index contributed by atoms with van der Waals surface area (Å²) in [4.78, 5) is 13.9. The van der Waals surface area contributed by atoms with Gasteiger partial charge in [0, 0.05) is 10.6 Å². The highest BCUT2D eigenvalue weighted by Crippen LogP contribution is 2.32. The number of hydrogen-bond acceptors (Lipinski definition) is 2. The van der Waals surface area contributed by atoms with Crippen LogP contribution in [-0.4, -0.2) is 11.2 Å². The molecule has 132 valence electrons. The number of fused-ring (bicyclic) bond motifs is 1. The summed E-state index contributed by atoms with van der Waals surface area (Å²) in [5.74, 6) is 0.455. The Bertz CT molecular complexity index is 782. The number of anilines is 1. The van der Waals surface area contributed by atoms with Crippen molar-refractivity contribution in [1.82, 2.24) is 0 Å². The maximum absolute atomic E-state index is 12.7. The average Bonchev–Trinajstić information content (AvgIpc) is 3.04. The number of thioether (sulfide) groups is 1. The number of nitrogens with one attached hydrogen (secondary N) is 1. The molecule has 0 bridgehead atoms. The van der Waals surface area contributed by atoms with E-state index in [0.29, 0.717) is 5.92 Å². The summed E-state index contributed by atoms with van der Waals surface area (Å²) < 4.78 is 0. The van der Waals surface area contributed by atoms with E-state index in [4.69, 9.17) is 0 Å². The zero-order valence-corrected chi connectivity index (χ0v) is 16.4. The Balaban J connectivity index is 1.71. The van der Waals surface area contributed by atoms with E-state index in [1.165, 1.54) is 40.8 Å². The standard InChI is InChI=1S/C22H27NOS/c1-14(2)20-10-5-7-15(3)21(20)23-22(24)16(4)25-19-12-11-17-8-6-9-18(17)13-19/h5,7,10-14,16H,6,8-9H2,1-4H3,(H,23,24). The van der Waals surface area contributed by atoms with Crippen LogP contribution in [0.1, 0.15) is 55.4 Å². The van der Waals surface area contributed by atoms with Crippen molar-refractivity contribution in [3.05, 3.63) is 58.7 Å². The maximum Gasteiger partial charge on any atom is 0.237 e. The molecule has 0 spiro atoms. The zero-order chi connectivity index (χ0) is 18.0. The van der Waals surface area contributed by atoms with Crippen molar-refractivity contribution >= 4 is 23.4 Å². The number of carbonyl (C=O) groups excluding carboxylic acids is 1. The first-order valence-electron chi connectivity index (χ1n) is 9.14. The van der Waals surface area contributed by atoms with Gasteiger partial charge in [0.15, 0.2) is 0 Å². The van der Waals surface area contributed by atoms with Crippen LogP contribution in [0, 0.1) is 6.92 Å². The predicted octanol–water partition coefficient (Wildman–Crippen LogP) is 5.73. The molecule has 2 aromatic carbocycles. The predicted molar refractivity (Wildman–Crippen MR) is 108 cm³/mol. The van der Waals surface area contributed by atoms with Crippen LogP contribution in [0.3, 0.4) is 0 Å². The molecule has 1 aliphatic carbocycles. The quantitative estimate of drug-likeness (QED) is 0.696. The van der Waals surface area contributed by atoms with E-state index in [1.807, 2.05) is 6.92 Å². The summed E-state index contributed by atoms with van der Waals surface area (Å²) in [5.41, 5.74) is 6.22. The van der Waals surface area contributed by atoms with Crippen molar-refractivity contribution in [2.75, 3.05) is 5.32 Å². The second kappa shape index (κ2) is 7.65. The molecule has 1 amide bonds. The Labute approximate surface area is 155 Å². The molecule has 0 heterocycles. The summed E-state index contributed by atoms with van der Waals surface area (Å²) in [6, 6.07) is 12.9. The Kier molecular flexibility index (Phi) is 5.53. The van der Waals surface area contributed by atoms with E-state index in [1.54, 1.807) is 11.8 Å². The molecule has 3 heteroatoms. The van der Waals surface area contributed by atoms with Crippen molar-refractivity contribution < 1.29 is 4.79 Å². The summed E-state index contributed by atoms with van der Waals surface area (Å²) in [6.45, 7) is 8.36. The Morgan fingerprint density at radius 1 is 1.08 bits per heavy atom. The number of benzene rings is 2. The monoisotopic (exact) mass is 353 g/mol. The van der Waals surface area contributed by atoms with Crippen LogP contribution in [0.5, 0.6) is 0 Å². The third kappa shape index (κ3) is 4.09. The first-order chi connectivity index (χ1) is 12.0. The maximum atomic E-state index is 12.7. The summed E-state index contributed by atoms with van der Waals surface area (Å²) >= 11 is 1.65. The molecule has 0 saturated carbocycles. The van der Waals surface area contributed by atoms with Crippen molar-refractivity contribution in [2.45, 2.75) is 63.0 Å². The van der Waals surface area contributed by atoms with Crippen LogP contribution in [-0.2, 0) is 17.6 Å². The molecule has 0 fully saturated rings. The van der Waals surface area contributed by atoms with Gasteiger partial charge >= 0.3 is 0 Å². The summed E-state index contributed by atoms with van der Waals surface area (Å²) in [6.07, 6.45) is 3.62. The van der Waals surface area contributed by atoms with Gasteiger partial charge in [-0.3, -0.25) is 4.79 Å². The molecule has 1 atom stereocenters. The molecular weight excluding hydrogens is 326 g/mol. The lowest BCUT2D eigenvalue weighted by Gasteiger charge is -2.19. The molecule has 25 heavy (non-hydrogen) atoms. The van der Waals surface area contributed by atoms with Crippen molar-refractivity contribution in [1.29, 1.82) is 0 Å². The van der Waals surface area contributed by atoms with Gasteiger partial charge in [0.2, 0.25) is 5.91 Å². The molecule has 2 nitrogen and oxygen atoms in total. The van der Waals surface area contributed by atoms with Gasteiger partial charge in [-0.25, -0.2) is 0 Å². The highest BCUT2D eigenvalue weighted by Gasteiger charge is 2.19. The van der Waals surface area contributed by atoms with E-state index in [0.717, 1.165) is 11.3 Å². The molecule has 1 unspecified atom stereocenters. The second-order valence-electron chi connectivity index (χ2n) is 7.23. The molecule has 0 radical (unpaired) electrons. The smallest absolute Gasteiger partial charge is 0.237 e. The van der Waals surface area contributed by atoms with Gasteiger partial charge in [0.25, 0.3) is 0 Å². The Hall–Kier alpha value is -1.74. The third-order valence-corrected chi connectivity index (χ3v) is 6.02. The van der Waals surface area contributed by atoms with Crippen molar-refractivity contribution in [2.24, 2.45) is 0 Å². The van der Waals surface area contributed by atoms with Crippen LogP contribution >= 0.6 is 11.8 Å². The van der Waals surface area contributed by atoms with Gasteiger partial charge in [0.1, 0.15) is 0 Å². The lowest BCUT2D eigenvalue weighted by atomic mass is 9.98. The lowest BCUT2D eigenvalue weighted by Crippen LogP contribution is -2.23. The van der Waals surface area contributed by atoms with E-state index in [2.05, 4.69) is 62.5 Å². The van der Waals surface area contributed by atoms with Crippen LogP contribution in [0.2, 0.25) is 0 Å². The second-order valence-corrected chi connectivity index (χ2v) is 8.64. The van der Waals surface area contributed by atoms with Gasteiger partial charge in [-0.05, 0) is 73.4 Å². The van der Waals surface area contributed by atoms with E-state index >= 15 is 0 Å². The molecule has 1 aliphatic rings. The molecule has 3 rings (SSSR count). The van der Waals surface area contributed by atoms with Crippen molar-refractivity contribution in [3.63, 3.8) is 0 Å². The molecule has 0 aliphatic heterocycles. The highest BCUT2D eigenvalue weighted by molar-refractivity contribution is 8.00. The first-order valence-corrected chi connectivity index (χ1v) is 10.0. The average molecular weight is 354 g/mol. The van der Waals surface area contributed by atoms with Gasteiger partial charge in [-0.15, -0.1) is 11.8 Å². The van der Waals surface area contributed by atoms with E-state index in [-0.39, 0.29) is 11.2 Å². The van der Waals surface area contributed by atoms with Gasteiger partial charge in [0.05, 0.1) is 5.25 Å². The fourth-order valence-electron chi connectivity index (χ4n) is 3.45. The Morgan fingerprint density at radius 2 is 1.84 bits per heavy atom. The topological polar surface area (TPSA) is 29.1 Å². The zero-order valence-electron chi connectivity index (χ0n) is 15.6. The van der Waals surface area contributed by atoms with E-state index < -0.39 is 0 Å². The number of amides is 1. The number of aryl methyl sites for hydroxylation is 3. The normalized spacial score (nSPS) is 14.4. The lowest BCUT2D eigenvalue weighted by molar-refractivity contribution is -0.115. The SMILES string of the molecule is Cc1cccc(C(C)C)c1NC(=O)C(C)Sc1ccc2c(c1)CCC2. The number of para-hydroxylation sites is 1. The minimum absolute atomic E-state index is 0.0710. The molecule has 1 N–H and O–H groups in total. The van der Waals surface area contributed by atoms with Crippen LogP contribution < -0.4 is 5.32 Å². The fourth-order valence-corrected chi connectivity index (χ4v) is 4.38. The minimum Gasteiger partial charge on any atom is -0.325 e. The molecule has 0 saturated heterocycles. The number of hydrogen-bond donors (Lipinski definition) is 1. The Morgan fingerprint density at radius 3 is 2.60 bits per heavy atom. The summed E-state index contributed by atoms with van der Waals surface area (Å²) in [5, 5.41) is 3.05. The van der Waals surface area contributed by atoms with Gasteiger partial charge in [-0.1, -0.05) is 38.1 Å². The van der Waals surface area contributed by atoms with Crippen LogP contribution in [0.15, 0.2) is 41.3 Å². The van der Waals surface area contributed by atoms with Crippen LogP contribution in [0.25, 0.3) is 0 Å². The van der Waals surface area contributed by atoms with Gasteiger partial charge in [-0.2, -0.15) is 0 Å². The molecule has 2 aromatic rings. The minimum atomic E-state index is -0.126. The third-order valence-electron chi connectivity index (χ3n) is 4.93. The summed E-state index contributed by atoms with van der Waals surface area (Å²) in [7, 11) is 0. The van der Waals surface area contributed by atoms with Crippen LogP contribution in [0.4, 0.5) is 5.69 Å². The van der Waals surface area contributed by atoms with Crippen molar-refractivity contribution in [3.8, 4) is 0 Å². The van der Waals surface area contributed by atoms with E-state index in [9.17, 15) is 4.79 Å². The number of carbonyl (C=O) groups is 1. The highest BCUT2D eigenvalue weighted by atomic mass is 32.2.